The summed E-state index contributed by atoms with van der Waals surface area (Å²) in [4.78, 5) is 15.6. The van der Waals surface area contributed by atoms with Crippen molar-refractivity contribution in [1.29, 1.82) is 10.5 Å². The van der Waals surface area contributed by atoms with E-state index in [9.17, 15) is 4.79 Å². The monoisotopic (exact) mass is 243 g/mol. The number of imidazole rings is 1. The van der Waals surface area contributed by atoms with Gasteiger partial charge in [-0.25, -0.2) is 4.98 Å². The molecule has 6 nitrogen and oxygen atoms in total. The molecular formula is C12H13N5O. The van der Waals surface area contributed by atoms with Gasteiger partial charge in [0.1, 0.15) is 18.7 Å². The lowest BCUT2D eigenvalue weighted by atomic mass is 10.2. The maximum atomic E-state index is 11.8. The molecule has 0 spiro atoms. The summed E-state index contributed by atoms with van der Waals surface area (Å²) in [6, 6.07) is 3.97. The first kappa shape index (κ1) is 12.1. The number of rotatable bonds is 3. The van der Waals surface area contributed by atoms with E-state index in [-0.39, 0.29) is 29.9 Å². The molecule has 1 aromatic heterocycles. The summed E-state index contributed by atoms with van der Waals surface area (Å²) in [6.07, 6.45) is 5.69. The fourth-order valence-electron chi connectivity index (χ4n) is 2.20. The maximum absolute atomic E-state index is 11.8. The van der Waals surface area contributed by atoms with Gasteiger partial charge < -0.3 is 9.88 Å². The Hall–Kier alpha value is -2.34. The van der Waals surface area contributed by atoms with Crippen molar-refractivity contribution in [1.82, 2.24) is 14.9 Å². The van der Waals surface area contributed by atoms with Crippen LogP contribution in [0.4, 0.5) is 0 Å². The minimum absolute atomic E-state index is 0.0358. The van der Waals surface area contributed by atoms with Crippen LogP contribution in [0.25, 0.3) is 0 Å². The van der Waals surface area contributed by atoms with E-state index in [2.05, 4.69) is 10.3 Å². The Morgan fingerprint density at radius 2 is 2.17 bits per heavy atom. The van der Waals surface area contributed by atoms with E-state index in [4.69, 9.17) is 10.5 Å². The highest BCUT2D eigenvalue weighted by Crippen LogP contribution is 2.17. The Balaban J connectivity index is 2.01. The summed E-state index contributed by atoms with van der Waals surface area (Å²) in [6.45, 7) is 0.0358. The van der Waals surface area contributed by atoms with Crippen molar-refractivity contribution in [2.24, 2.45) is 0 Å². The number of nitrogens with zero attached hydrogens (tertiary/aromatic N) is 4. The van der Waals surface area contributed by atoms with Crippen LogP contribution in [-0.4, -0.2) is 21.5 Å². The van der Waals surface area contributed by atoms with Gasteiger partial charge in [0.25, 0.3) is 0 Å². The summed E-state index contributed by atoms with van der Waals surface area (Å²) >= 11 is 0. The second-order valence-corrected chi connectivity index (χ2v) is 4.34. The van der Waals surface area contributed by atoms with Crippen molar-refractivity contribution < 1.29 is 4.79 Å². The lowest BCUT2D eigenvalue weighted by molar-refractivity contribution is -0.122. The van der Waals surface area contributed by atoms with Crippen LogP contribution in [-0.2, 0) is 11.3 Å². The molecule has 0 aliphatic heterocycles. The molecule has 1 N–H and O–H groups in total. The zero-order valence-electron chi connectivity index (χ0n) is 9.89. The van der Waals surface area contributed by atoms with Crippen LogP contribution in [0.5, 0.6) is 0 Å². The molecule has 0 atom stereocenters. The lowest BCUT2D eigenvalue weighted by Crippen LogP contribution is -2.35. The third-order valence-electron chi connectivity index (χ3n) is 3.08. The smallest absolute Gasteiger partial charge is 0.240 e. The average Bonchev–Trinajstić information content (AvgIpc) is 2.98. The molecule has 1 amide bonds. The summed E-state index contributed by atoms with van der Waals surface area (Å²) in [5.74, 6) is -0.139. The van der Waals surface area contributed by atoms with E-state index in [1.807, 2.05) is 12.1 Å². The van der Waals surface area contributed by atoms with Crippen LogP contribution in [0.1, 0.15) is 37.1 Å². The van der Waals surface area contributed by atoms with Crippen LogP contribution in [0.15, 0.2) is 6.33 Å². The van der Waals surface area contributed by atoms with Crippen molar-refractivity contribution in [3.63, 3.8) is 0 Å². The quantitative estimate of drug-likeness (QED) is 0.844. The minimum atomic E-state index is -0.139. The van der Waals surface area contributed by atoms with E-state index in [1.54, 1.807) is 0 Å². The number of aromatic nitrogens is 2. The van der Waals surface area contributed by atoms with Gasteiger partial charge in [0.15, 0.2) is 11.4 Å². The highest BCUT2D eigenvalue weighted by atomic mass is 16.2. The zero-order chi connectivity index (χ0) is 13.0. The van der Waals surface area contributed by atoms with E-state index in [0.29, 0.717) is 0 Å². The SMILES string of the molecule is N#Cc1ncn(CC(=O)NC2CCCC2)c1C#N. The third kappa shape index (κ3) is 2.49. The molecule has 0 aromatic carbocycles. The molecule has 1 fully saturated rings. The Labute approximate surface area is 105 Å². The Kier molecular flexibility index (Phi) is 3.59. The number of hydrogen-bond donors (Lipinski definition) is 1. The molecule has 1 heterocycles. The van der Waals surface area contributed by atoms with Gasteiger partial charge in [-0.2, -0.15) is 10.5 Å². The van der Waals surface area contributed by atoms with E-state index in [1.165, 1.54) is 10.9 Å². The first-order valence-corrected chi connectivity index (χ1v) is 5.89. The largest absolute Gasteiger partial charge is 0.352 e. The van der Waals surface area contributed by atoms with Gasteiger partial charge in [-0.3, -0.25) is 4.79 Å². The molecule has 1 aromatic rings. The third-order valence-corrected chi connectivity index (χ3v) is 3.08. The van der Waals surface area contributed by atoms with Crippen LogP contribution < -0.4 is 5.32 Å². The van der Waals surface area contributed by atoms with Gasteiger partial charge in [0.2, 0.25) is 5.91 Å². The molecule has 1 aliphatic carbocycles. The standard InChI is InChI=1S/C12H13N5O/c13-5-10-11(6-14)17(8-15-10)7-12(18)16-9-3-1-2-4-9/h8-9H,1-4,7H2,(H,16,18). The van der Waals surface area contributed by atoms with E-state index < -0.39 is 0 Å². The first-order valence-electron chi connectivity index (χ1n) is 5.89. The fourth-order valence-corrected chi connectivity index (χ4v) is 2.20. The highest BCUT2D eigenvalue weighted by Gasteiger charge is 2.18. The first-order chi connectivity index (χ1) is 8.74. The Morgan fingerprint density at radius 1 is 1.44 bits per heavy atom. The number of nitriles is 2. The molecule has 1 aliphatic rings. The molecule has 0 unspecified atom stereocenters. The zero-order valence-corrected chi connectivity index (χ0v) is 9.89. The second-order valence-electron chi connectivity index (χ2n) is 4.34. The average molecular weight is 243 g/mol. The van der Waals surface area contributed by atoms with Gasteiger partial charge in [0.05, 0.1) is 6.33 Å². The fraction of sp³-hybridized carbons (Fsp3) is 0.500. The number of carbonyl (C=O) groups is 1. The number of nitrogens with one attached hydrogen (secondary N) is 1. The van der Waals surface area contributed by atoms with Gasteiger partial charge >= 0.3 is 0 Å². The number of amides is 1. The molecule has 1 saturated carbocycles. The van der Waals surface area contributed by atoms with Gasteiger partial charge in [-0.05, 0) is 12.8 Å². The Morgan fingerprint density at radius 3 is 2.78 bits per heavy atom. The normalized spacial score (nSPS) is 15.0. The predicted octanol–water partition coefficient (Wildman–Crippen LogP) is 0.685. The lowest BCUT2D eigenvalue weighted by Gasteiger charge is -2.12. The molecule has 92 valence electrons. The molecular weight excluding hydrogens is 230 g/mol. The predicted molar refractivity (Wildman–Crippen MR) is 62.1 cm³/mol. The van der Waals surface area contributed by atoms with Crippen LogP contribution in [0.3, 0.4) is 0 Å². The van der Waals surface area contributed by atoms with Gasteiger partial charge in [-0.1, -0.05) is 12.8 Å². The van der Waals surface area contributed by atoms with Crippen molar-refractivity contribution >= 4 is 5.91 Å². The van der Waals surface area contributed by atoms with Crippen LogP contribution in [0, 0.1) is 22.7 Å². The maximum Gasteiger partial charge on any atom is 0.240 e. The molecule has 18 heavy (non-hydrogen) atoms. The second kappa shape index (κ2) is 5.33. The molecule has 6 heteroatoms. The van der Waals surface area contributed by atoms with Crippen molar-refractivity contribution in [2.75, 3.05) is 0 Å². The highest BCUT2D eigenvalue weighted by molar-refractivity contribution is 5.76. The summed E-state index contributed by atoms with van der Waals surface area (Å²) in [5.41, 5.74) is 0.199. The summed E-state index contributed by atoms with van der Waals surface area (Å²) in [5, 5.41) is 20.6. The van der Waals surface area contributed by atoms with Gasteiger partial charge in [-0.15, -0.1) is 0 Å². The van der Waals surface area contributed by atoms with Crippen molar-refractivity contribution in [2.45, 2.75) is 38.3 Å². The van der Waals surface area contributed by atoms with Crippen molar-refractivity contribution in [3.05, 3.63) is 17.7 Å². The van der Waals surface area contributed by atoms with Crippen molar-refractivity contribution in [3.8, 4) is 12.1 Å². The summed E-state index contributed by atoms with van der Waals surface area (Å²) in [7, 11) is 0. The Bertz CT molecular complexity index is 528. The molecule has 2 rings (SSSR count). The van der Waals surface area contributed by atoms with Gasteiger partial charge in [0, 0.05) is 6.04 Å². The minimum Gasteiger partial charge on any atom is -0.352 e. The molecule has 0 radical (unpaired) electrons. The van der Waals surface area contributed by atoms with E-state index in [0.717, 1.165) is 25.7 Å². The molecule has 0 bridgehead atoms. The topological polar surface area (TPSA) is 94.5 Å². The number of carbonyl (C=O) groups excluding carboxylic acids is 1. The number of hydrogen-bond acceptors (Lipinski definition) is 4. The van der Waals surface area contributed by atoms with Crippen LogP contribution >= 0.6 is 0 Å². The van der Waals surface area contributed by atoms with E-state index >= 15 is 0 Å². The summed E-state index contributed by atoms with van der Waals surface area (Å²) < 4.78 is 1.41. The molecule has 0 saturated heterocycles. The van der Waals surface area contributed by atoms with Crippen LogP contribution in [0.2, 0.25) is 0 Å².